The molecule has 0 bridgehead atoms. The molecule has 0 aromatic heterocycles. The van der Waals surface area contributed by atoms with E-state index in [2.05, 4.69) is 11.6 Å². The molecule has 1 heteroatoms. The highest BCUT2D eigenvalue weighted by molar-refractivity contribution is 6.08. The molecule has 1 aromatic carbocycles. The number of aliphatic imine (C=N–C) groups is 1. The van der Waals surface area contributed by atoms with E-state index in [1.54, 1.807) is 13.1 Å². The first-order valence-electron chi connectivity index (χ1n) is 3.53. The molecule has 0 unspecified atom stereocenters. The van der Waals surface area contributed by atoms with Gasteiger partial charge in [0.25, 0.3) is 0 Å². The van der Waals surface area contributed by atoms with Crippen LogP contribution in [0.25, 0.3) is 0 Å². The van der Waals surface area contributed by atoms with Crippen LogP contribution in [0.1, 0.15) is 5.56 Å². The van der Waals surface area contributed by atoms with Gasteiger partial charge in [-0.2, -0.15) is 0 Å². The average molecular weight is 145 g/mol. The Labute approximate surface area is 67.1 Å². The molecule has 0 aliphatic heterocycles. The first-order valence-corrected chi connectivity index (χ1v) is 3.53. The normalized spacial score (nSPS) is 11.2. The van der Waals surface area contributed by atoms with Crippen molar-refractivity contribution in [2.45, 2.75) is 0 Å². The Morgan fingerprint density at radius 3 is 2.45 bits per heavy atom. The summed E-state index contributed by atoms with van der Waals surface area (Å²) < 4.78 is 0. The monoisotopic (exact) mass is 145 g/mol. The Morgan fingerprint density at radius 2 is 2.00 bits per heavy atom. The molecule has 0 saturated carbocycles. The van der Waals surface area contributed by atoms with Gasteiger partial charge < -0.3 is 0 Å². The van der Waals surface area contributed by atoms with Crippen LogP contribution in [0.3, 0.4) is 0 Å². The van der Waals surface area contributed by atoms with Crippen LogP contribution in [-0.4, -0.2) is 12.8 Å². The van der Waals surface area contributed by atoms with Crippen molar-refractivity contribution >= 4 is 5.71 Å². The third-order valence-electron chi connectivity index (χ3n) is 1.50. The van der Waals surface area contributed by atoms with Gasteiger partial charge in [-0.25, -0.2) is 0 Å². The van der Waals surface area contributed by atoms with Crippen molar-refractivity contribution in [1.82, 2.24) is 0 Å². The molecule has 0 spiro atoms. The van der Waals surface area contributed by atoms with E-state index in [0.29, 0.717) is 0 Å². The number of allylic oxidation sites excluding steroid dienone is 1. The second kappa shape index (κ2) is 3.71. The molecule has 1 nitrogen and oxygen atoms in total. The van der Waals surface area contributed by atoms with Gasteiger partial charge in [0.2, 0.25) is 0 Å². The highest BCUT2D eigenvalue weighted by atomic mass is 14.7. The lowest BCUT2D eigenvalue weighted by atomic mass is 10.1. The van der Waals surface area contributed by atoms with E-state index in [0.717, 1.165) is 11.3 Å². The largest absolute Gasteiger partial charge is 0.288 e. The lowest BCUT2D eigenvalue weighted by molar-refractivity contribution is 1.43. The number of rotatable bonds is 2. The molecule has 0 aliphatic rings. The topological polar surface area (TPSA) is 12.4 Å². The van der Waals surface area contributed by atoms with Crippen LogP contribution < -0.4 is 0 Å². The predicted molar refractivity (Wildman–Crippen MR) is 49.1 cm³/mol. The minimum absolute atomic E-state index is 0.936. The second-order valence-corrected chi connectivity index (χ2v) is 2.18. The highest BCUT2D eigenvalue weighted by Gasteiger charge is 1.93. The van der Waals surface area contributed by atoms with Crippen LogP contribution in [0.5, 0.6) is 0 Å². The smallest absolute Gasteiger partial charge is 0.0637 e. The predicted octanol–water partition coefficient (Wildman–Crippen LogP) is 2.29. The number of nitrogens with zero attached hydrogens (tertiary/aromatic N) is 1. The number of hydrogen-bond acceptors (Lipinski definition) is 1. The fourth-order valence-corrected chi connectivity index (χ4v) is 0.947. The van der Waals surface area contributed by atoms with Crippen LogP contribution in [0.2, 0.25) is 0 Å². The lowest BCUT2D eigenvalue weighted by Gasteiger charge is -1.97. The summed E-state index contributed by atoms with van der Waals surface area (Å²) in [6, 6.07) is 10.0. The molecule has 0 amide bonds. The van der Waals surface area contributed by atoms with Crippen LogP contribution in [0.4, 0.5) is 0 Å². The molecule has 0 saturated heterocycles. The van der Waals surface area contributed by atoms with Crippen molar-refractivity contribution in [3.05, 3.63) is 48.6 Å². The summed E-state index contributed by atoms with van der Waals surface area (Å²) in [6.07, 6.45) is 1.76. The van der Waals surface area contributed by atoms with E-state index in [1.807, 2.05) is 30.3 Å². The summed E-state index contributed by atoms with van der Waals surface area (Å²) in [5, 5.41) is 0. The Kier molecular flexibility index (Phi) is 2.61. The number of benzene rings is 1. The molecule has 1 rings (SSSR count). The van der Waals surface area contributed by atoms with E-state index < -0.39 is 0 Å². The van der Waals surface area contributed by atoms with Gasteiger partial charge in [0.05, 0.1) is 5.71 Å². The molecule has 56 valence electrons. The number of hydrogen-bond donors (Lipinski definition) is 0. The van der Waals surface area contributed by atoms with Gasteiger partial charge in [-0.3, -0.25) is 4.99 Å². The first kappa shape index (κ1) is 7.73. The van der Waals surface area contributed by atoms with Gasteiger partial charge in [-0.15, -0.1) is 0 Å². The van der Waals surface area contributed by atoms with Crippen molar-refractivity contribution in [2.75, 3.05) is 7.05 Å². The van der Waals surface area contributed by atoms with E-state index in [1.165, 1.54) is 0 Å². The molecule has 0 aliphatic carbocycles. The third-order valence-corrected chi connectivity index (χ3v) is 1.50. The maximum absolute atomic E-state index is 4.08. The van der Waals surface area contributed by atoms with Gasteiger partial charge in [0, 0.05) is 7.05 Å². The minimum Gasteiger partial charge on any atom is -0.288 e. The Morgan fingerprint density at radius 1 is 1.36 bits per heavy atom. The van der Waals surface area contributed by atoms with Crippen molar-refractivity contribution in [3.63, 3.8) is 0 Å². The Hall–Kier alpha value is -1.37. The Bertz CT molecular complexity index is 259. The summed E-state index contributed by atoms with van der Waals surface area (Å²) >= 11 is 0. The fourth-order valence-electron chi connectivity index (χ4n) is 0.947. The van der Waals surface area contributed by atoms with Gasteiger partial charge in [-0.05, 0) is 11.6 Å². The van der Waals surface area contributed by atoms with Gasteiger partial charge in [0.1, 0.15) is 0 Å². The zero-order valence-electron chi connectivity index (χ0n) is 6.62. The van der Waals surface area contributed by atoms with Gasteiger partial charge in [0.15, 0.2) is 0 Å². The molecule has 0 radical (unpaired) electrons. The molecule has 0 heterocycles. The fraction of sp³-hybridized carbons (Fsp3) is 0.100. The van der Waals surface area contributed by atoms with Crippen LogP contribution in [-0.2, 0) is 0 Å². The average Bonchev–Trinajstić information content (AvgIpc) is 2.09. The summed E-state index contributed by atoms with van der Waals surface area (Å²) in [6.45, 7) is 3.68. The van der Waals surface area contributed by atoms with E-state index in [9.17, 15) is 0 Å². The van der Waals surface area contributed by atoms with E-state index in [4.69, 9.17) is 0 Å². The highest BCUT2D eigenvalue weighted by Crippen LogP contribution is 2.00. The summed E-state index contributed by atoms with van der Waals surface area (Å²) in [7, 11) is 1.77. The van der Waals surface area contributed by atoms with E-state index in [-0.39, 0.29) is 0 Å². The van der Waals surface area contributed by atoms with Gasteiger partial charge in [-0.1, -0.05) is 36.9 Å². The molecular weight excluding hydrogens is 134 g/mol. The van der Waals surface area contributed by atoms with Crippen molar-refractivity contribution < 1.29 is 0 Å². The minimum atomic E-state index is 0.936. The molecule has 0 N–H and O–H groups in total. The molecule has 11 heavy (non-hydrogen) atoms. The summed E-state index contributed by atoms with van der Waals surface area (Å²) in [4.78, 5) is 4.08. The van der Waals surface area contributed by atoms with Crippen LogP contribution >= 0.6 is 0 Å². The van der Waals surface area contributed by atoms with Crippen LogP contribution in [0.15, 0.2) is 48.0 Å². The molecule has 0 atom stereocenters. The zero-order valence-corrected chi connectivity index (χ0v) is 6.62. The molecule has 0 fully saturated rings. The summed E-state index contributed by atoms with van der Waals surface area (Å²) in [5.74, 6) is 0. The summed E-state index contributed by atoms with van der Waals surface area (Å²) in [5.41, 5.74) is 2.05. The van der Waals surface area contributed by atoms with Crippen molar-refractivity contribution in [2.24, 2.45) is 4.99 Å². The molecule has 1 aromatic rings. The standard InChI is InChI=1S/C10H11N/c1-3-10(11-2)9-7-5-4-6-8-9/h3-8H,1H2,2H3/b11-10+. The van der Waals surface area contributed by atoms with Gasteiger partial charge >= 0.3 is 0 Å². The molecular formula is C10H11N. The maximum Gasteiger partial charge on any atom is 0.0637 e. The van der Waals surface area contributed by atoms with E-state index >= 15 is 0 Å². The Balaban J connectivity index is 3.01. The quantitative estimate of drug-likeness (QED) is 0.566. The maximum atomic E-state index is 4.08. The van der Waals surface area contributed by atoms with Crippen LogP contribution in [0, 0.1) is 0 Å². The lowest BCUT2D eigenvalue weighted by Crippen LogP contribution is -1.94. The van der Waals surface area contributed by atoms with Crippen molar-refractivity contribution in [3.8, 4) is 0 Å². The zero-order chi connectivity index (χ0) is 8.10. The third kappa shape index (κ3) is 1.77. The second-order valence-electron chi connectivity index (χ2n) is 2.18. The first-order chi connectivity index (χ1) is 5.38. The SMILES string of the molecule is C=C/C(=N\C)c1ccccc1. The van der Waals surface area contributed by atoms with Crippen molar-refractivity contribution in [1.29, 1.82) is 0 Å².